The maximum absolute atomic E-state index is 13.7. The number of fused-ring (bicyclic) bond motifs is 1. The average Bonchev–Trinajstić information content (AvgIpc) is 2.55. The minimum absolute atomic E-state index is 0.236. The van der Waals surface area contributed by atoms with Crippen LogP contribution in [-0.4, -0.2) is 30.0 Å². The summed E-state index contributed by atoms with van der Waals surface area (Å²) in [6, 6.07) is 1.12. The molecule has 4 nitrogen and oxygen atoms in total. The summed E-state index contributed by atoms with van der Waals surface area (Å²) in [5, 5.41) is 19.3. The van der Waals surface area contributed by atoms with Crippen molar-refractivity contribution in [2.75, 3.05) is 19.8 Å². The van der Waals surface area contributed by atoms with Crippen molar-refractivity contribution in [2.24, 2.45) is 0 Å². The Morgan fingerprint density at radius 1 is 1.33 bits per heavy atom. The first kappa shape index (κ1) is 13.0. The summed E-state index contributed by atoms with van der Waals surface area (Å²) in [7, 11) is 0. The third-order valence-corrected chi connectivity index (χ3v) is 3.04. The summed E-state index contributed by atoms with van der Waals surface area (Å²) >= 11 is 0. The molecule has 2 rings (SSSR count). The van der Waals surface area contributed by atoms with Gasteiger partial charge in [-0.15, -0.1) is 0 Å². The van der Waals surface area contributed by atoms with Crippen LogP contribution in [0.15, 0.2) is 6.07 Å². The molecule has 0 aliphatic carbocycles. The first-order chi connectivity index (χ1) is 8.47. The molecule has 0 bridgehead atoms. The van der Waals surface area contributed by atoms with E-state index >= 15 is 0 Å². The van der Waals surface area contributed by atoms with E-state index in [1.807, 2.05) is 0 Å². The van der Waals surface area contributed by atoms with Crippen LogP contribution in [-0.2, 0) is 5.41 Å². The van der Waals surface area contributed by atoms with E-state index in [2.05, 4.69) is 0 Å². The number of phenols is 1. The quantitative estimate of drug-likeness (QED) is 0.849. The van der Waals surface area contributed by atoms with Gasteiger partial charge in [-0.25, -0.2) is 4.39 Å². The van der Waals surface area contributed by atoms with Crippen LogP contribution < -0.4 is 9.47 Å². The fourth-order valence-corrected chi connectivity index (χ4v) is 1.97. The summed E-state index contributed by atoms with van der Waals surface area (Å²) < 4.78 is 24.6. The summed E-state index contributed by atoms with van der Waals surface area (Å²) in [6.07, 6.45) is 0.691. The molecule has 0 saturated carbocycles. The molecule has 2 N–H and O–H groups in total. The van der Waals surface area contributed by atoms with E-state index in [0.29, 0.717) is 25.4 Å². The molecule has 0 radical (unpaired) electrons. The van der Waals surface area contributed by atoms with Crippen molar-refractivity contribution in [1.29, 1.82) is 0 Å². The monoisotopic (exact) mass is 256 g/mol. The Hall–Kier alpha value is -1.49. The summed E-state index contributed by atoms with van der Waals surface area (Å²) in [5.41, 5.74) is -0.564. The lowest BCUT2D eigenvalue weighted by molar-refractivity contribution is 0.207. The first-order valence-corrected chi connectivity index (χ1v) is 5.90. The molecule has 1 heterocycles. The van der Waals surface area contributed by atoms with E-state index in [4.69, 9.17) is 9.47 Å². The molecule has 5 heteroatoms. The van der Waals surface area contributed by atoms with Crippen molar-refractivity contribution in [3.63, 3.8) is 0 Å². The van der Waals surface area contributed by atoms with Crippen LogP contribution >= 0.6 is 0 Å². The maximum Gasteiger partial charge on any atom is 0.169 e. The minimum Gasteiger partial charge on any atom is -0.505 e. The van der Waals surface area contributed by atoms with Gasteiger partial charge < -0.3 is 19.7 Å². The van der Waals surface area contributed by atoms with Gasteiger partial charge in [0.1, 0.15) is 0 Å². The number of hydrogen-bond acceptors (Lipinski definition) is 4. The Bertz CT molecular complexity index is 457. The van der Waals surface area contributed by atoms with Gasteiger partial charge in [-0.2, -0.15) is 0 Å². The first-order valence-electron chi connectivity index (χ1n) is 5.90. The normalized spacial score (nSPS) is 15.3. The van der Waals surface area contributed by atoms with Crippen LogP contribution in [0, 0.1) is 5.82 Å². The Labute approximate surface area is 105 Å². The van der Waals surface area contributed by atoms with Gasteiger partial charge in [0.05, 0.1) is 25.4 Å². The fraction of sp³-hybridized carbons (Fsp3) is 0.538. The highest BCUT2D eigenvalue weighted by Gasteiger charge is 2.32. The molecular formula is C13H17FO4. The van der Waals surface area contributed by atoms with Crippen LogP contribution in [0.4, 0.5) is 4.39 Å². The van der Waals surface area contributed by atoms with Gasteiger partial charge in [0.2, 0.25) is 0 Å². The average molecular weight is 256 g/mol. The molecule has 0 spiro atoms. The van der Waals surface area contributed by atoms with Crippen molar-refractivity contribution in [1.82, 2.24) is 0 Å². The number of benzene rings is 1. The number of ether oxygens (including phenoxy) is 2. The van der Waals surface area contributed by atoms with Crippen LogP contribution in [0.5, 0.6) is 17.2 Å². The highest BCUT2D eigenvalue weighted by Crippen LogP contribution is 2.46. The number of halogens is 1. The van der Waals surface area contributed by atoms with E-state index in [1.165, 1.54) is 0 Å². The zero-order chi connectivity index (χ0) is 13.3. The summed E-state index contributed by atoms with van der Waals surface area (Å²) in [4.78, 5) is 0. The SMILES string of the molecule is CC(C)(CO)c1c(O)c(F)cc2c1OCCCO2. The highest BCUT2D eigenvalue weighted by molar-refractivity contribution is 5.57. The largest absolute Gasteiger partial charge is 0.505 e. The third-order valence-electron chi connectivity index (χ3n) is 3.04. The van der Waals surface area contributed by atoms with Crippen molar-refractivity contribution in [3.05, 3.63) is 17.4 Å². The number of aliphatic hydroxyl groups is 1. The molecule has 1 aliphatic heterocycles. The smallest absolute Gasteiger partial charge is 0.169 e. The maximum atomic E-state index is 13.7. The van der Waals surface area contributed by atoms with Crippen LogP contribution in [0.2, 0.25) is 0 Å². The molecule has 0 aromatic heterocycles. The lowest BCUT2D eigenvalue weighted by atomic mass is 9.84. The molecule has 1 aromatic rings. The zero-order valence-electron chi connectivity index (χ0n) is 10.5. The van der Waals surface area contributed by atoms with Crippen molar-refractivity contribution >= 4 is 0 Å². The second-order valence-corrected chi connectivity index (χ2v) is 5.00. The third kappa shape index (κ3) is 2.10. The van der Waals surface area contributed by atoms with Gasteiger partial charge in [0.25, 0.3) is 0 Å². The van der Waals surface area contributed by atoms with E-state index in [9.17, 15) is 14.6 Å². The van der Waals surface area contributed by atoms with Crippen molar-refractivity contribution < 1.29 is 24.1 Å². The number of rotatable bonds is 2. The van der Waals surface area contributed by atoms with Crippen LogP contribution in [0.3, 0.4) is 0 Å². The zero-order valence-corrected chi connectivity index (χ0v) is 10.5. The number of phenolic OH excluding ortho intramolecular Hbond substituents is 1. The molecule has 100 valence electrons. The molecule has 0 saturated heterocycles. The van der Waals surface area contributed by atoms with Gasteiger partial charge in [0, 0.05) is 17.9 Å². The van der Waals surface area contributed by atoms with E-state index in [0.717, 1.165) is 6.07 Å². The minimum atomic E-state index is -0.816. The molecular weight excluding hydrogens is 239 g/mol. The Morgan fingerprint density at radius 2 is 2.00 bits per heavy atom. The van der Waals surface area contributed by atoms with E-state index in [1.54, 1.807) is 13.8 Å². The number of aromatic hydroxyl groups is 1. The molecule has 1 aromatic carbocycles. The molecule has 18 heavy (non-hydrogen) atoms. The summed E-state index contributed by atoms with van der Waals surface area (Å²) in [6.45, 7) is 4.05. The Balaban J connectivity index is 2.65. The fourth-order valence-electron chi connectivity index (χ4n) is 1.97. The molecule has 0 unspecified atom stereocenters. The second kappa shape index (κ2) is 4.65. The molecule has 1 aliphatic rings. The Kier molecular flexibility index (Phi) is 3.34. The van der Waals surface area contributed by atoms with Gasteiger partial charge in [-0.05, 0) is 0 Å². The van der Waals surface area contributed by atoms with Gasteiger partial charge in [-0.3, -0.25) is 0 Å². The van der Waals surface area contributed by atoms with Gasteiger partial charge in [-0.1, -0.05) is 13.8 Å². The molecule has 0 atom stereocenters. The predicted octanol–water partition coefficient (Wildman–Crippen LogP) is 1.96. The van der Waals surface area contributed by atoms with Crippen molar-refractivity contribution in [3.8, 4) is 17.2 Å². The lowest BCUT2D eigenvalue weighted by Gasteiger charge is -2.26. The van der Waals surface area contributed by atoms with Crippen LogP contribution in [0.1, 0.15) is 25.8 Å². The highest BCUT2D eigenvalue weighted by atomic mass is 19.1. The lowest BCUT2D eigenvalue weighted by Crippen LogP contribution is -2.23. The van der Waals surface area contributed by atoms with Gasteiger partial charge in [0.15, 0.2) is 23.1 Å². The summed E-state index contributed by atoms with van der Waals surface area (Å²) in [5.74, 6) is -0.654. The number of aliphatic hydroxyl groups excluding tert-OH is 1. The van der Waals surface area contributed by atoms with Crippen LogP contribution in [0.25, 0.3) is 0 Å². The standard InChI is InChI=1S/C13H17FO4/c1-13(2,7-15)10-11(16)8(14)6-9-12(10)18-5-3-4-17-9/h6,15-16H,3-5,7H2,1-2H3. The Morgan fingerprint density at radius 3 is 2.67 bits per heavy atom. The van der Waals surface area contributed by atoms with E-state index < -0.39 is 17.0 Å². The van der Waals surface area contributed by atoms with E-state index in [-0.39, 0.29) is 17.9 Å². The predicted molar refractivity (Wildman–Crippen MR) is 63.8 cm³/mol. The molecule has 0 fully saturated rings. The number of hydrogen-bond donors (Lipinski definition) is 2. The topological polar surface area (TPSA) is 58.9 Å². The molecule has 0 amide bonds. The second-order valence-electron chi connectivity index (χ2n) is 5.00. The van der Waals surface area contributed by atoms with Crippen molar-refractivity contribution in [2.45, 2.75) is 25.7 Å². The van der Waals surface area contributed by atoms with Gasteiger partial charge >= 0.3 is 0 Å².